The van der Waals surface area contributed by atoms with E-state index in [-0.39, 0.29) is 25.7 Å². The summed E-state index contributed by atoms with van der Waals surface area (Å²) in [5.41, 5.74) is 0. The maximum Gasteiger partial charge on any atom is 0.472 e. The first-order valence-electron chi connectivity index (χ1n) is 42.5. The lowest BCUT2D eigenvalue weighted by molar-refractivity contribution is -0.161. The van der Waals surface area contributed by atoms with E-state index in [1.807, 2.05) is 0 Å². The molecule has 0 aromatic rings. The van der Waals surface area contributed by atoms with Crippen LogP contribution < -0.4 is 0 Å². The molecule has 600 valence electrons. The topological polar surface area (TPSA) is 237 Å². The van der Waals surface area contributed by atoms with Crippen molar-refractivity contribution in [3.63, 3.8) is 0 Å². The quantitative estimate of drug-likeness (QED) is 0.0222. The van der Waals surface area contributed by atoms with Crippen LogP contribution in [0, 0.1) is 11.8 Å². The first-order chi connectivity index (χ1) is 48.9. The molecule has 0 amide bonds. The van der Waals surface area contributed by atoms with E-state index in [1.54, 1.807) is 0 Å². The van der Waals surface area contributed by atoms with Gasteiger partial charge in [-0.2, -0.15) is 0 Å². The molecule has 0 aliphatic carbocycles. The molecule has 0 saturated heterocycles. The number of unbranched alkanes of at least 4 members (excludes halogenated alkanes) is 51. The average molecular weight is 1480 g/mol. The minimum atomic E-state index is -4.96. The van der Waals surface area contributed by atoms with E-state index < -0.39 is 97.5 Å². The molecule has 101 heavy (non-hydrogen) atoms. The molecule has 2 unspecified atom stereocenters. The van der Waals surface area contributed by atoms with Gasteiger partial charge in [0.1, 0.15) is 19.3 Å². The van der Waals surface area contributed by atoms with E-state index >= 15 is 0 Å². The number of phosphoric ester groups is 2. The van der Waals surface area contributed by atoms with Gasteiger partial charge in [-0.05, 0) is 37.5 Å². The summed E-state index contributed by atoms with van der Waals surface area (Å²) in [6.07, 6.45) is 63.7. The Labute approximate surface area is 619 Å². The first-order valence-corrected chi connectivity index (χ1v) is 45.5. The van der Waals surface area contributed by atoms with Crippen LogP contribution in [0.3, 0.4) is 0 Å². The zero-order chi connectivity index (χ0) is 74.2. The Bertz CT molecular complexity index is 1940. The van der Waals surface area contributed by atoms with Crippen LogP contribution in [0.5, 0.6) is 0 Å². The maximum absolute atomic E-state index is 13.1. The smallest absolute Gasteiger partial charge is 0.462 e. The summed E-state index contributed by atoms with van der Waals surface area (Å²) in [4.78, 5) is 73.1. The third kappa shape index (κ3) is 76.1. The van der Waals surface area contributed by atoms with Crippen LogP contribution in [0.2, 0.25) is 0 Å². The molecule has 0 spiro atoms. The highest BCUT2D eigenvalue weighted by molar-refractivity contribution is 7.47. The molecule has 0 aromatic carbocycles. The normalized spacial score (nSPS) is 13.9. The van der Waals surface area contributed by atoms with E-state index in [9.17, 15) is 43.2 Å². The van der Waals surface area contributed by atoms with E-state index in [0.717, 1.165) is 102 Å². The third-order valence-corrected chi connectivity index (χ3v) is 21.1. The Kier molecular flexibility index (Phi) is 72.2. The number of rotatable bonds is 81. The van der Waals surface area contributed by atoms with Gasteiger partial charge >= 0.3 is 39.5 Å². The number of ether oxygens (including phenoxy) is 4. The van der Waals surface area contributed by atoms with E-state index in [2.05, 4.69) is 41.5 Å². The van der Waals surface area contributed by atoms with Crippen molar-refractivity contribution in [2.75, 3.05) is 39.6 Å². The first kappa shape index (κ1) is 99.1. The number of hydrogen-bond acceptors (Lipinski definition) is 15. The van der Waals surface area contributed by atoms with Crippen molar-refractivity contribution in [3.05, 3.63) is 0 Å². The van der Waals surface area contributed by atoms with Crippen LogP contribution in [0.15, 0.2) is 0 Å². The van der Waals surface area contributed by atoms with Gasteiger partial charge < -0.3 is 33.8 Å². The average Bonchev–Trinajstić information content (AvgIpc) is 1.16. The second-order valence-electron chi connectivity index (χ2n) is 30.5. The van der Waals surface area contributed by atoms with Crippen molar-refractivity contribution in [1.82, 2.24) is 0 Å². The van der Waals surface area contributed by atoms with Crippen molar-refractivity contribution in [2.45, 2.75) is 452 Å². The predicted molar refractivity (Wildman–Crippen MR) is 414 cm³/mol. The number of hydrogen-bond donors (Lipinski definition) is 3. The van der Waals surface area contributed by atoms with Crippen LogP contribution in [-0.4, -0.2) is 96.7 Å². The van der Waals surface area contributed by atoms with Crippen LogP contribution in [0.25, 0.3) is 0 Å². The Morgan fingerprint density at radius 1 is 0.267 bits per heavy atom. The molecule has 0 aliphatic heterocycles. The van der Waals surface area contributed by atoms with Gasteiger partial charge in [0.15, 0.2) is 12.2 Å². The number of aliphatic hydroxyl groups is 1. The fourth-order valence-electron chi connectivity index (χ4n) is 12.7. The van der Waals surface area contributed by atoms with Crippen molar-refractivity contribution < 1.29 is 80.2 Å². The molecule has 3 N–H and O–H groups in total. The van der Waals surface area contributed by atoms with Crippen molar-refractivity contribution >= 4 is 39.5 Å². The molecule has 0 heterocycles. The Hall–Kier alpha value is -1.94. The highest BCUT2D eigenvalue weighted by atomic mass is 31.2. The fourth-order valence-corrected chi connectivity index (χ4v) is 14.3. The van der Waals surface area contributed by atoms with Gasteiger partial charge in [-0.1, -0.05) is 382 Å². The summed E-state index contributed by atoms with van der Waals surface area (Å²) in [5, 5.41) is 10.7. The number of carbonyl (C=O) groups excluding carboxylic acids is 4. The predicted octanol–water partition coefficient (Wildman–Crippen LogP) is 24.7. The van der Waals surface area contributed by atoms with Crippen LogP contribution >= 0.6 is 15.6 Å². The van der Waals surface area contributed by atoms with Crippen molar-refractivity contribution in [3.8, 4) is 0 Å². The summed E-state index contributed by atoms with van der Waals surface area (Å²) in [7, 11) is -9.92. The monoisotopic (exact) mass is 1480 g/mol. The summed E-state index contributed by atoms with van der Waals surface area (Å²) in [5.74, 6) is -0.496. The summed E-state index contributed by atoms with van der Waals surface area (Å²) >= 11 is 0. The molecular weight excluding hydrogens is 1320 g/mol. The summed E-state index contributed by atoms with van der Waals surface area (Å²) < 4.78 is 68.8. The molecule has 0 saturated carbocycles. The van der Waals surface area contributed by atoms with Crippen molar-refractivity contribution in [2.24, 2.45) is 11.8 Å². The zero-order valence-corrected chi connectivity index (χ0v) is 68.0. The molecule has 17 nitrogen and oxygen atoms in total. The summed E-state index contributed by atoms with van der Waals surface area (Å²) in [6.45, 7) is 9.70. The maximum atomic E-state index is 13.1. The standard InChI is InChI=1S/C82H160O17P2/c1-7-9-11-13-15-17-19-20-29-36-42-48-54-60-66-81(86)98-77(70-92-79(84)64-58-52-46-40-32-18-16-14-12-10-8-2)72-96-100(88,89)94-68-76(83)69-95-101(90,91)97-73-78(71-93-80(85)65-59-53-47-41-35-30-26-25-28-34-39-45-51-57-63-75(5)6)99-82(87)67-61-55-49-43-37-31-24-22-21-23-27-33-38-44-50-56-62-74(3)4/h74-78,83H,7-73H2,1-6H3,(H,88,89)(H,90,91)/t76-,77+,78+/m0/s1. The molecule has 5 atom stereocenters. The molecule has 0 bridgehead atoms. The highest BCUT2D eigenvalue weighted by Crippen LogP contribution is 2.45. The second kappa shape index (κ2) is 73.6. The largest absolute Gasteiger partial charge is 0.472 e. The van der Waals surface area contributed by atoms with E-state index in [0.29, 0.717) is 25.7 Å². The number of aliphatic hydroxyl groups excluding tert-OH is 1. The van der Waals surface area contributed by atoms with Crippen LogP contribution in [-0.2, 0) is 65.4 Å². The zero-order valence-electron chi connectivity index (χ0n) is 66.2. The molecule has 0 aliphatic rings. The summed E-state index contributed by atoms with van der Waals surface area (Å²) in [6, 6.07) is 0. The molecule has 19 heteroatoms. The van der Waals surface area contributed by atoms with Gasteiger partial charge in [0.25, 0.3) is 0 Å². The molecule has 0 fully saturated rings. The minimum Gasteiger partial charge on any atom is -0.462 e. The van der Waals surface area contributed by atoms with Gasteiger partial charge in [-0.15, -0.1) is 0 Å². The van der Waals surface area contributed by atoms with Gasteiger partial charge in [0.2, 0.25) is 0 Å². The number of esters is 4. The number of carbonyl (C=O) groups is 4. The molecule has 0 rings (SSSR count). The minimum absolute atomic E-state index is 0.108. The third-order valence-electron chi connectivity index (χ3n) is 19.2. The Morgan fingerprint density at radius 2 is 0.455 bits per heavy atom. The van der Waals surface area contributed by atoms with E-state index in [4.69, 9.17) is 37.0 Å². The van der Waals surface area contributed by atoms with Gasteiger partial charge in [0, 0.05) is 25.7 Å². The highest BCUT2D eigenvalue weighted by Gasteiger charge is 2.30. The van der Waals surface area contributed by atoms with Gasteiger partial charge in [0.05, 0.1) is 26.4 Å². The van der Waals surface area contributed by atoms with Crippen LogP contribution in [0.1, 0.15) is 433 Å². The van der Waals surface area contributed by atoms with Gasteiger partial charge in [-0.25, -0.2) is 9.13 Å². The molecule has 0 aromatic heterocycles. The lowest BCUT2D eigenvalue weighted by atomic mass is 10.0. The van der Waals surface area contributed by atoms with Gasteiger partial charge in [-0.3, -0.25) is 37.3 Å². The fraction of sp³-hybridized carbons (Fsp3) is 0.951. The Morgan fingerprint density at radius 3 is 0.673 bits per heavy atom. The number of phosphoric acid groups is 2. The van der Waals surface area contributed by atoms with Crippen LogP contribution in [0.4, 0.5) is 0 Å². The SMILES string of the molecule is CCCCCCCCCCCCCCCCC(=O)O[C@H](COC(=O)CCCCCCCCCCCCC)COP(=O)(O)OC[C@H](O)COP(=O)(O)OC[C@@H](COC(=O)CCCCCCCCCCCCCCCCC(C)C)OC(=O)CCCCCCCCCCCCCCCCCCC(C)C. The Balaban J connectivity index is 5.25. The lowest BCUT2D eigenvalue weighted by Gasteiger charge is -2.21. The lowest BCUT2D eigenvalue weighted by Crippen LogP contribution is -2.30. The van der Waals surface area contributed by atoms with Crippen molar-refractivity contribution in [1.29, 1.82) is 0 Å². The van der Waals surface area contributed by atoms with E-state index in [1.165, 1.54) is 250 Å². The second-order valence-corrected chi connectivity index (χ2v) is 33.4. The molecule has 0 radical (unpaired) electrons. The molecular formula is C82H160O17P2.